The highest BCUT2D eigenvalue weighted by molar-refractivity contribution is 5.82. The smallest absolute Gasteiger partial charge is 0.332 e. The number of aliphatic carboxylic acids is 1. The Bertz CT molecular complexity index is 229. The van der Waals surface area contributed by atoms with Gasteiger partial charge in [-0.2, -0.15) is 0 Å². The Kier molecular flexibility index (Phi) is 5.28. The van der Waals surface area contributed by atoms with Crippen molar-refractivity contribution in [3.8, 4) is 0 Å². The van der Waals surface area contributed by atoms with Gasteiger partial charge in [0.05, 0.1) is 6.61 Å². The van der Waals surface area contributed by atoms with Gasteiger partial charge in [-0.25, -0.2) is 4.79 Å². The molecule has 0 aliphatic heterocycles. The van der Waals surface area contributed by atoms with E-state index in [4.69, 9.17) is 4.74 Å². The molecule has 0 aromatic rings. The summed E-state index contributed by atoms with van der Waals surface area (Å²) in [5.41, 5.74) is -1.27. The first kappa shape index (κ1) is 13.9. The summed E-state index contributed by atoms with van der Waals surface area (Å²) in [5, 5.41) is 9.28. The second-order valence-corrected chi connectivity index (χ2v) is 3.71. The quantitative estimate of drug-likeness (QED) is 0.634. The van der Waals surface area contributed by atoms with Gasteiger partial charge in [0.1, 0.15) is 0 Å². The van der Waals surface area contributed by atoms with Crippen LogP contribution in [0, 0.1) is 5.92 Å². The molecule has 0 aliphatic carbocycles. The lowest BCUT2D eigenvalue weighted by atomic mass is 9.85. The molecular weight excluding hydrogens is 198 g/mol. The number of likely N-dealkylation sites (N-methyl/N-ethyl adjacent to an activating group) is 1. The second kappa shape index (κ2) is 5.70. The Morgan fingerprint density at radius 3 is 2.33 bits per heavy atom. The molecule has 88 valence electrons. The van der Waals surface area contributed by atoms with Crippen molar-refractivity contribution in [1.29, 1.82) is 0 Å². The molecular formula is C10H19NO4. The van der Waals surface area contributed by atoms with Crippen LogP contribution in [-0.2, 0) is 14.3 Å². The number of hydrogen-bond acceptors (Lipinski definition) is 3. The van der Waals surface area contributed by atoms with Crippen molar-refractivity contribution in [2.24, 2.45) is 5.92 Å². The predicted molar refractivity (Wildman–Crippen MR) is 55.5 cm³/mol. The van der Waals surface area contributed by atoms with Crippen molar-refractivity contribution in [1.82, 2.24) is 4.90 Å². The fourth-order valence-electron chi connectivity index (χ4n) is 1.68. The molecule has 15 heavy (non-hydrogen) atoms. The van der Waals surface area contributed by atoms with E-state index < -0.39 is 11.5 Å². The Hall–Kier alpha value is -1.10. The summed E-state index contributed by atoms with van der Waals surface area (Å²) in [6.07, 6.45) is 0.563. The van der Waals surface area contributed by atoms with E-state index >= 15 is 0 Å². The van der Waals surface area contributed by atoms with Gasteiger partial charge in [-0.1, -0.05) is 13.8 Å². The van der Waals surface area contributed by atoms with Gasteiger partial charge in [-0.15, -0.1) is 0 Å². The summed E-state index contributed by atoms with van der Waals surface area (Å²) in [7, 11) is 1.43. The summed E-state index contributed by atoms with van der Waals surface area (Å²) in [6.45, 7) is 5.60. The fourth-order valence-corrected chi connectivity index (χ4v) is 1.68. The molecule has 0 aromatic heterocycles. The first-order valence-corrected chi connectivity index (χ1v) is 4.91. The minimum Gasteiger partial charge on any atom is -0.479 e. The van der Waals surface area contributed by atoms with E-state index in [1.165, 1.54) is 12.0 Å². The van der Waals surface area contributed by atoms with Crippen LogP contribution in [0.15, 0.2) is 0 Å². The minimum absolute atomic E-state index is 0.00736. The number of carboxylic acid groups (broad SMARTS) is 1. The average Bonchev–Trinajstić information content (AvgIpc) is 2.17. The molecule has 5 heteroatoms. The van der Waals surface area contributed by atoms with E-state index in [-0.39, 0.29) is 12.5 Å². The molecule has 0 spiro atoms. The largest absolute Gasteiger partial charge is 0.479 e. The number of hydrogen-bond donors (Lipinski definition) is 1. The summed E-state index contributed by atoms with van der Waals surface area (Å²) >= 11 is 0. The van der Waals surface area contributed by atoms with Crippen LogP contribution in [0.5, 0.6) is 0 Å². The third-order valence-corrected chi connectivity index (χ3v) is 2.67. The molecule has 1 amide bonds. The number of carbonyl (C=O) groups excluding carboxylic acids is 1. The number of nitrogens with zero attached hydrogens (tertiary/aromatic N) is 1. The van der Waals surface area contributed by atoms with Gasteiger partial charge >= 0.3 is 5.97 Å². The second-order valence-electron chi connectivity index (χ2n) is 3.71. The minimum atomic E-state index is -1.27. The van der Waals surface area contributed by atoms with Crippen molar-refractivity contribution in [3.63, 3.8) is 0 Å². The Balaban J connectivity index is 5.27. The number of amides is 1. The maximum Gasteiger partial charge on any atom is 0.332 e. The van der Waals surface area contributed by atoms with Gasteiger partial charge in [-0.05, 0) is 12.8 Å². The molecule has 0 bridgehead atoms. The third-order valence-electron chi connectivity index (χ3n) is 2.67. The van der Waals surface area contributed by atoms with Crippen LogP contribution >= 0.6 is 0 Å². The van der Waals surface area contributed by atoms with E-state index in [1.54, 1.807) is 20.8 Å². The van der Waals surface area contributed by atoms with E-state index in [0.29, 0.717) is 13.0 Å². The predicted octanol–water partition coefficient (Wildman–Crippen LogP) is 0.590. The van der Waals surface area contributed by atoms with Crippen LogP contribution in [0.25, 0.3) is 0 Å². The lowest BCUT2D eigenvalue weighted by molar-refractivity contribution is -0.163. The lowest BCUT2D eigenvalue weighted by Crippen LogP contribution is -2.60. The zero-order valence-electron chi connectivity index (χ0n) is 9.69. The van der Waals surface area contributed by atoms with Gasteiger partial charge in [0.15, 0.2) is 5.54 Å². The topological polar surface area (TPSA) is 66.8 Å². The first-order chi connectivity index (χ1) is 6.97. The number of methoxy groups -OCH3 is 1. The normalized spacial score (nSPS) is 14.7. The van der Waals surface area contributed by atoms with E-state index in [2.05, 4.69) is 0 Å². The molecule has 0 aliphatic rings. The van der Waals surface area contributed by atoms with Crippen molar-refractivity contribution < 1.29 is 19.4 Å². The van der Waals surface area contributed by atoms with Crippen molar-refractivity contribution >= 4 is 12.4 Å². The van der Waals surface area contributed by atoms with E-state index in [1.807, 2.05) is 0 Å². The van der Waals surface area contributed by atoms with Gasteiger partial charge in [0.2, 0.25) is 6.41 Å². The zero-order chi connectivity index (χ0) is 12.1. The maximum absolute atomic E-state index is 11.3. The van der Waals surface area contributed by atoms with Gasteiger partial charge in [0, 0.05) is 13.7 Å². The molecule has 0 heterocycles. The molecule has 0 radical (unpaired) electrons. The van der Waals surface area contributed by atoms with Crippen molar-refractivity contribution in [2.75, 3.05) is 20.3 Å². The molecule has 0 fully saturated rings. The van der Waals surface area contributed by atoms with Crippen LogP contribution in [-0.4, -0.2) is 48.2 Å². The third kappa shape index (κ3) is 2.47. The molecule has 0 rings (SSSR count). The molecule has 1 atom stereocenters. The Morgan fingerprint density at radius 2 is 2.13 bits per heavy atom. The molecule has 1 unspecified atom stereocenters. The molecule has 0 aromatic carbocycles. The van der Waals surface area contributed by atoms with Crippen molar-refractivity contribution in [2.45, 2.75) is 26.3 Å². The van der Waals surface area contributed by atoms with Gasteiger partial charge in [0.25, 0.3) is 0 Å². The SMILES string of the molecule is CCN(C=O)C(COC)(C(=O)O)C(C)C. The fraction of sp³-hybridized carbons (Fsp3) is 0.800. The Morgan fingerprint density at radius 1 is 1.60 bits per heavy atom. The summed E-state index contributed by atoms with van der Waals surface area (Å²) < 4.78 is 4.93. The number of carbonyl (C=O) groups is 2. The van der Waals surface area contributed by atoms with E-state index in [0.717, 1.165) is 0 Å². The summed E-state index contributed by atoms with van der Waals surface area (Å²) in [4.78, 5) is 23.5. The van der Waals surface area contributed by atoms with Crippen LogP contribution < -0.4 is 0 Å². The first-order valence-electron chi connectivity index (χ1n) is 4.91. The Labute approximate surface area is 90.0 Å². The zero-order valence-corrected chi connectivity index (χ0v) is 9.69. The average molecular weight is 217 g/mol. The summed E-state index contributed by atoms with van der Waals surface area (Å²) in [6, 6.07) is 0. The van der Waals surface area contributed by atoms with E-state index in [9.17, 15) is 14.7 Å². The number of ether oxygens (including phenoxy) is 1. The monoisotopic (exact) mass is 217 g/mol. The maximum atomic E-state index is 11.3. The van der Waals surface area contributed by atoms with Crippen LogP contribution in [0.1, 0.15) is 20.8 Å². The highest BCUT2D eigenvalue weighted by atomic mass is 16.5. The highest BCUT2D eigenvalue weighted by Crippen LogP contribution is 2.25. The number of rotatable bonds is 7. The summed E-state index contributed by atoms with van der Waals surface area (Å²) in [5.74, 6) is -1.26. The van der Waals surface area contributed by atoms with Gasteiger partial charge < -0.3 is 14.7 Å². The molecule has 1 N–H and O–H groups in total. The van der Waals surface area contributed by atoms with Crippen LogP contribution in [0.4, 0.5) is 0 Å². The molecule has 5 nitrogen and oxygen atoms in total. The van der Waals surface area contributed by atoms with Crippen molar-refractivity contribution in [3.05, 3.63) is 0 Å². The highest BCUT2D eigenvalue weighted by Gasteiger charge is 2.46. The standard InChI is InChI=1S/C10H19NO4/c1-5-11(7-12)10(6-15-4,8(2)3)9(13)14/h7-8H,5-6H2,1-4H3,(H,13,14). The van der Waals surface area contributed by atoms with Crippen LogP contribution in [0.3, 0.4) is 0 Å². The lowest BCUT2D eigenvalue weighted by Gasteiger charge is -2.40. The van der Waals surface area contributed by atoms with Gasteiger partial charge in [-0.3, -0.25) is 4.79 Å². The molecule has 0 saturated heterocycles. The van der Waals surface area contributed by atoms with Crippen LogP contribution in [0.2, 0.25) is 0 Å². The number of carboxylic acids is 1. The molecule has 0 saturated carbocycles.